The van der Waals surface area contributed by atoms with E-state index in [2.05, 4.69) is 4.90 Å². The lowest BCUT2D eigenvalue weighted by Crippen LogP contribution is -2.49. The van der Waals surface area contributed by atoms with Crippen LogP contribution in [0.4, 0.5) is 0 Å². The molecule has 1 amide bonds. The van der Waals surface area contributed by atoms with E-state index in [9.17, 15) is 9.90 Å². The van der Waals surface area contributed by atoms with Crippen LogP contribution in [0.15, 0.2) is 48.5 Å². The zero-order chi connectivity index (χ0) is 17.9. The number of benzene rings is 2. The molecule has 26 heavy (non-hydrogen) atoms. The van der Waals surface area contributed by atoms with Gasteiger partial charge in [0.2, 0.25) is 6.79 Å². The number of ether oxygens (including phenoxy) is 2. The molecule has 4 rings (SSSR count). The van der Waals surface area contributed by atoms with E-state index in [0.717, 1.165) is 18.7 Å². The fraction of sp³-hybridized carbons (Fsp3) is 0.350. The quantitative estimate of drug-likeness (QED) is 0.909. The van der Waals surface area contributed by atoms with Gasteiger partial charge < -0.3 is 19.5 Å². The van der Waals surface area contributed by atoms with Gasteiger partial charge in [0.05, 0.1) is 6.10 Å². The molecule has 1 saturated heterocycles. The molecule has 0 aliphatic carbocycles. The van der Waals surface area contributed by atoms with Crippen molar-refractivity contribution in [1.82, 2.24) is 9.80 Å². The van der Waals surface area contributed by atoms with Gasteiger partial charge in [0.15, 0.2) is 11.5 Å². The highest BCUT2D eigenvalue weighted by molar-refractivity contribution is 5.95. The number of amides is 1. The van der Waals surface area contributed by atoms with Gasteiger partial charge >= 0.3 is 0 Å². The second kappa shape index (κ2) is 7.35. The van der Waals surface area contributed by atoms with E-state index in [0.29, 0.717) is 36.7 Å². The van der Waals surface area contributed by atoms with Crippen LogP contribution in [0.2, 0.25) is 0 Å². The molecule has 136 valence electrons. The average molecular weight is 354 g/mol. The molecule has 0 saturated carbocycles. The summed E-state index contributed by atoms with van der Waals surface area (Å²) in [6.45, 7) is 3.58. The topological polar surface area (TPSA) is 62.2 Å². The average Bonchev–Trinajstić information content (AvgIpc) is 3.16. The summed E-state index contributed by atoms with van der Waals surface area (Å²) in [7, 11) is 0. The molecular weight excluding hydrogens is 332 g/mol. The van der Waals surface area contributed by atoms with E-state index in [-0.39, 0.29) is 12.7 Å². The lowest BCUT2D eigenvalue weighted by Gasteiger charge is -2.35. The molecule has 6 nitrogen and oxygen atoms in total. The summed E-state index contributed by atoms with van der Waals surface area (Å²) < 4.78 is 10.6. The molecule has 0 unspecified atom stereocenters. The van der Waals surface area contributed by atoms with Crippen LogP contribution in [0.5, 0.6) is 11.5 Å². The van der Waals surface area contributed by atoms with Gasteiger partial charge in [-0.2, -0.15) is 0 Å². The fourth-order valence-corrected chi connectivity index (χ4v) is 3.37. The minimum atomic E-state index is -0.507. The van der Waals surface area contributed by atoms with Crippen LogP contribution in [0.25, 0.3) is 0 Å². The summed E-state index contributed by atoms with van der Waals surface area (Å²) in [4.78, 5) is 16.8. The Kier molecular flexibility index (Phi) is 4.77. The molecule has 1 N–H and O–H groups in total. The zero-order valence-corrected chi connectivity index (χ0v) is 14.5. The number of aliphatic hydroxyl groups excluding tert-OH is 1. The van der Waals surface area contributed by atoms with Gasteiger partial charge in [0.1, 0.15) is 0 Å². The largest absolute Gasteiger partial charge is 0.454 e. The van der Waals surface area contributed by atoms with Crippen LogP contribution in [0.3, 0.4) is 0 Å². The zero-order valence-electron chi connectivity index (χ0n) is 14.5. The van der Waals surface area contributed by atoms with Gasteiger partial charge in [-0.15, -0.1) is 0 Å². The summed E-state index contributed by atoms with van der Waals surface area (Å²) in [6.07, 6.45) is -0.507. The molecule has 1 fully saturated rings. The standard InChI is InChI=1S/C20H22N2O4/c23-17(15-4-2-1-3-5-15)13-21-8-10-22(11-9-21)20(24)16-6-7-18-19(12-16)26-14-25-18/h1-7,12,17,23H,8-11,13-14H2/t17-/m0/s1. The van der Waals surface area contributed by atoms with Crippen molar-refractivity contribution in [2.45, 2.75) is 6.10 Å². The second-order valence-electron chi connectivity index (χ2n) is 6.59. The molecule has 0 spiro atoms. The maximum absolute atomic E-state index is 12.7. The molecule has 6 heteroatoms. The Hall–Kier alpha value is -2.57. The van der Waals surface area contributed by atoms with Crippen LogP contribution in [0.1, 0.15) is 22.0 Å². The van der Waals surface area contributed by atoms with Gasteiger partial charge in [0, 0.05) is 38.3 Å². The van der Waals surface area contributed by atoms with Crippen molar-refractivity contribution in [2.75, 3.05) is 39.5 Å². The van der Waals surface area contributed by atoms with Crippen molar-refractivity contribution in [1.29, 1.82) is 0 Å². The number of rotatable bonds is 4. The number of nitrogens with zero attached hydrogens (tertiary/aromatic N) is 2. The van der Waals surface area contributed by atoms with Gasteiger partial charge in [0.25, 0.3) is 5.91 Å². The minimum absolute atomic E-state index is 0.00607. The Morgan fingerprint density at radius 2 is 1.73 bits per heavy atom. The Balaban J connectivity index is 1.32. The van der Waals surface area contributed by atoms with E-state index >= 15 is 0 Å². The number of fused-ring (bicyclic) bond motifs is 1. The van der Waals surface area contributed by atoms with Crippen molar-refractivity contribution in [2.24, 2.45) is 0 Å². The fourth-order valence-electron chi connectivity index (χ4n) is 3.37. The highest BCUT2D eigenvalue weighted by Gasteiger charge is 2.25. The second-order valence-corrected chi connectivity index (χ2v) is 6.59. The maximum atomic E-state index is 12.7. The van der Waals surface area contributed by atoms with Gasteiger partial charge in [-0.05, 0) is 23.8 Å². The summed E-state index contributed by atoms with van der Waals surface area (Å²) in [5, 5.41) is 10.4. The third-order valence-corrected chi connectivity index (χ3v) is 4.89. The van der Waals surface area contributed by atoms with Crippen molar-refractivity contribution < 1.29 is 19.4 Å². The first kappa shape index (κ1) is 16.9. The molecule has 2 aliphatic heterocycles. The summed E-state index contributed by atoms with van der Waals surface area (Å²) in [6, 6.07) is 15.0. The predicted molar refractivity (Wildman–Crippen MR) is 96.3 cm³/mol. The monoisotopic (exact) mass is 354 g/mol. The Labute approximate surface area is 152 Å². The van der Waals surface area contributed by atoms with E-state index in [1.165, 1.54) is 0 Å². The number of piperazine rings is 1. The first-order valence-corrected chi connectivity index (χ1v) is 8.85. The first-order valence-electron chi connectivity index (χ1n) is 8.85. The minimum Gasteiger partial charge on any atom is -0.454 e. The lowest BCUT2D eigenvalue weighted by molar-refractivity contribution is 0.0527. The molecule has 2 aromatic carbocycles. The normalized spacial score (nSPS) is 18.0. The molecular formula is C20H22N2O4. The van der Waals surface area contributed by atoms with Crippen LogP contribution in [-0.2, 0) is 0 Å². The number of hydrogen-bond acceptors (Lipinski definition) is 5. The molecule has 1 atom stereocenters. The van der Waals surface area contributed by atoms with Crippen molar-refractivity contribution in [3.05, 3.63) is 59.7 Å². The number of aliphatic hydroxyl groups is 1. The Bertz CT molecular complexity index is 773. The SMILES string of the molecule is O=C(c1ccc2c(c1)OCO2)N1CCN(C[C@H](O)c2ccccc2)CC1. The molecule has 0 bridgehead atoms. The van der Waals surface area contributed by atoms with E-state index in [4.69, 9.17) is 9.47 Å². The molecule has 0 radical (unpaired) electrons. The number of carbonyl (C=O) groups is 1. The highest BCUT2D eigenvalue weighted by atomic mass is 16.7. The van der Waals surface area contributed by atoms with Gasteiger partial charge in [-0.25, -0.2) is 0 Å². The predicted octanol–water partition coefficient (Wildman–Crippen LogP) is 1.91. The van der Waals surface area contributed by atoms with E-state index in [1.807, 2.05) is 35.2 Å². The lowest BCUT2D eigenvalue weighted by atomic mass is 10.1. The third kappa shape index (κ3) is 3.52. The molecule has 2 aromatic rings. The third-order valence-electron chi connectivity index (χ3n) is 4.89. The van der Waals surface area contributed by atoms with Crippen molar-refractivity contribution in [3.8, 4) is 11.5 Å². The smallest absolute Gasteiger partial charge is 0.254 e. The number of hydrogen-bond donors (Lipinski definition) is 1. The van der Waals surface area contributed by atoms with Crippen molar-refractivity contribution >= 4 is 5.91 Å². The van der Waals surface area contributed by atoms with Crippen LogP contribution in [-0.4, -0.2) is 60.3 Å². The van der Waals surface area contributed by atoms with Crippen LogP contribution >= 0.6 is 0 Å². The van der Waals surface area contributed by atoms with Gasteiger partial charge in [-0.3, -0.25) is 9.69 Å². The molecule has 2 aliphatic rings. The van der Waals surface area contributed by atoms with Crippen LogP contribution < -0.4 is 9.47 Å². The van der Waals surface area contributed by atoms with Crippen LogP contribution in [0, 0.1) is 0 Å². The van der Waals surface area contributed by atoms with E-state index < -0.39 is 6.10 Å². The Morgan fingerprint density at radius 1 is 1.00 bits per heavy atom. The first-order chi connectivity index (χ1) is 12.7. The van der Waals surface area contributed by atoms with Gasteiger partial charge in [-0.1, -0.05) is 30.3 Å². The highest BCUT2D eigenvalue weighted by Crippen LogP contribution is 2.32. The molecule has 2 heterocycles. The van der Waals surface area contributed by atoms with Crippen molar-refractivity contribution in [3.63, 3.8) is 0 Å². The molecule has 0 aromatic heterocycles. The van der Waals surface area contributed by atoms with E-state index in [1.54, 1.807) is 18.2 Å². The maximum Gasteiger partial charge on any atom is 0.254 e. The summed E-state index contributed by atoms with van der Waals surface area (Å²) >= 11 is 0. The number of β-amino-alcohol motifs (C(OH)–C–C–N with tert-alkyl or cyclic N) is 1. The Morgan fingerprint density at radius 3 is 2.50 bits per heavy atom. The summed E-state index contributed by atoms with van der Waals surface area (Å²) in [5.74, 6) is 1.31. The summed E-state index contributed by atoms with van der Waals surface area (Å²) in [5.41, 5.74) is 1.54. The number of carbonyl (C=O) groups excluding carboxylic acids is 1.